The highest BCUT2D eigenvalue weighted by Gasteiger charge is 2.07. The van der Waals surface area contributed by atoms with Crippen LogP contribution >= 0.6 is 0 Å². The number of rotatable bonds is 10. The van der Waals surface area contributed by atoms with Gasteiger partial charge in [-0.3, -0.25) is 4.79 Å². The number of para-hydroxylation sites is 2. The monoisotopic (exact) mass is 295 g/mol. The van der Waals surface area contributed by atoms with Gasteiger partial charge in [-0.2, -0.15) is 0 Å². The fourth-order valence-electron chi connectivity index (χ4n) is 1.78. The lowest BCUT2D eigenvalue weighted by Gasteiger charge is -2.17. The predicted octanol–water partition coefficient (Wildman–Crippen LogP) is 2.35. The molecule has 5 nitrogen and oxygen atoms in total. The van der Waals surface area contributed by atoms with Crippen LogP contribution in [0.4, 0.5) is 0 Å². The Labute approximate surface area is 126 Å². The lowest BCUT2D eigenvalue weighted by molar-refractivity contribution is -0.143. The lowest BCUT2D eigenvalue weighted by Crippen LogP contribution is -2.27. The number of carbonyl (C=O) groups excluding carboxylic acids is 1. The van der Waals surface area contributed by atoms with Crippen molar-refractivity contribution < 1.29 is 19.0 Å². The molecule has 0 aliphatic carbocycles. The van der Waals surface area contributed by atoms with Gasteiger partial charge in [-0.25, -0.2) is 0 Å². The lowest BCUT2D eigenvalue weighted by atomic mass is 10.3. The molecule has 0 atom stereocenters. The zero-order chi connectivity index (χ0) is 15.5. The van der Waals surface area contributed by atoms with E-state index in [1.807, 2.05) is 50.1 Å². The molecule has 0 spiro atoms. The molecule has 1 aromatic carbocycles. The SMILES string of the molecule is CCOC(=O)CCN(C)CCOc1ccccc1OCC. The van der Waals surface area contributed by atoms with Crippen molar-refractivity contribution in [2.24, 2.45) is 0 Å². The van der Waals surface area contributed by atoms with Crippen LogP contribution in [-0.2, 0) is 9.53 Å². The minimum atomic E-state index is -0.160. The third kappa shape index (κ3) is 6.99. The molecule has 0 aliphatic rings. The Morgan fingerprint density at radius 1 is 1.05 bits per heavy atom. The number of hydrogen-bond acceptors (Lipinski definition) is 5. The first-order valence-corrected chi connectivity index (χ1v) is 7.36. The molecule has 0 amide bonds. The van der Waals surface area contributed by atoms with Gasteiger partial charge in [0.25, 0.3) is 0 Å². The fraction of sp³-hybridized carbons (Fsp3) is 0.562. The van der Waals surface area contributed by atoms with Crippen LogP contribution in [0.5, 0.6) is 11.5 Å². The van der Waals surface area contributed by atoms with Gasteiger partial charge in [0, 0.05) is 13.1 Å². The van der Waals surface area contributed by atoms with E-state index in [2.05, 4.69) is 0 Å². The average Bonchev–Trinajstić information content (AvgIpc) is 2.47. The van der Waals surface area contributed by atoms with Gasteiger partial charge in [0.1, 0.15) is 6.61 Å². The van der Waals surface area contributed by atoms with Crippen LogP contribution in [0.1, 0.15) is 20.3 Å². The second kappa shape index (κ2) is 10.0. The number of carbonyl (C=O) groups is 1. The Kier molecular flexibility index (Phi) is 8.28. The number of benzene rings is 1. The summed E-state index contributed by atoms with van der Waals surface area (Å²) in [6.07, 6.45) is 0.403. The van der Waals surface area contributed by atoms with Crippen LogP contribution in [0.2, 0.25) is 0 Å². The molecule has 0 aliphatic heterocycles. The van der Waals surface area contributed by atoms with Crippen molar-refractivity contribution in [3.05, 3.63) is 24.3 Å². The van der Waals surface area contributed by atoms with Gasteiger partial charge in [0.05, 0.1) is 19.6 Å². The third-order valence-electron chi connectivity index (χ3n) is 2.88. The second-order valence-electron chi connectivity index (χ2n) is 4.59. The molecule has 0 N–H and O–H groups in total. The Bertz CT molecular complexity index is 422. The minimum absolute atomic E-state index is 0.160. The molecular weight excluding hydrogens is 270 g/mol. The van der Waals surface area contributed by atoms with Crippen molar-refractivity contribution in [1.82, 2.24) is 4.90 Å². The first-order chi connectivity index (χ1) is 10.2. The third-order valence-corrected chi connectivity index (χ3v) is 2.88. The summed E-state index contributed by atoms with van der Waals surface area (Å²) in [6, 6.07) is 7.62. The maximum atomic E-state index is 11.3. The van der Waals surface area contributed by atoms with Crippen LogP contribution < -0.4 is 9.47 Å². The topological polar surface area (TPSA) is 48.0 Å². The second-order valence-corrected chi connectivity index (χ2v) is 4.59. The fourth-order valence-corrected chi connectivity index (χ4v) is 1.78. The summed E-state index contributed by atoms with van der Waals surface area (Å²) in [4.78, 5) is 13.3. The molecule has 0 radical (unpaired) electrons. The van der Waals surface area contributed by atoms with E-state index in [1.165, 1.54) is 0 Å². The average molecular weight is 295 g/mol. The summed E-state index contributed by atoms with van der Waals surface area (Å²) in [5.41, 5.74) is 0. The van der Waals surface area contributed by atoms with Gasteiger partial charge in [0.15, 0.2) is 11.5 Å². The standard InChI is InChI=1S/C16H25NO4/c1-4-19-14-8-6-7-9-15(14)21-13-12-17(3)11-10-16(18)20-5-2/h6-9H,4-5,10-13H2,1-3H3. The van der Waals surface area contributed by atoms with E-state index in [-0.39, 0.29) is 5.97 Å². The first kappa shape index (κ1) is 17.3. The number of hydrogen-bond donors (Lipinski definition) is 0. The molecule has 5 heteroatoms. The number of likely N-dealkylation sites (N-methyl/N-ethyl adjacent to an activating group) is 1. The Hall–Kier alpha value is -1.75. The highest BCUT2D eigenvalue weighted by molar-refractivity contribution is 5.69. The molecule has 0 saturated heterocycles. The summed E-state index contributed by atoms with van der Waals surface area (Å²) in [6.45, 7) is 6.74. The summed E-state index contributed by atoms with van der Waals surface area (Å²) in [5.74, 6) is 1.35. The zero-order valence-electron chi connectivity index (χ0n) is 13.1. The van der Waals surface area contributed by atoms with E-state index in [0.717, 1.165) is 18.0 Å². The van der Waals surface area contributed by atoms with E-state index in [0.29, 0.717) is 32.8 Å². The van der Waals surface area contributed by atoms with E-state index < -0.39 is 0 Å². The molecule has 1 rings (SSSR count). The molecular formula is C16H25NO4. The highest BCUT2D eigenvalue weighted by atomic mass is 16.5. The van der Waals surface area contributed by atoms with Gasteiger partial charge < -0.3 is 19.1 Å². The van der Waals surface area contributed by atoms with Gasteiger partial charge in [-0.1, -0.05) is 12.1 Å². The summed E-state index contributed by atoms with van der Waals surface area (Å²) >= 11 is 0. The van der Waals surface area contributed by atoms with Crippen molar-refractivity contribution >= 4 is 5.97 Å². The summed E-state index contributed by atoms with van der Waals surface area (Å²) in [7, 11) is 1.96. The summed E-state index contributed by atoms with van der Waals surface area (Å²) in [5, 5.41) is 0. The van der Waals surface area contributed by atoms with Crippen LogP contribution in [0.15, 0.2) is 24.3 Å². The molecule has 118 valence electrons. The van der Waals surface area contributed by atoms with Crippen molar-refractivity contribution in [2.75, 3.05) is 40.0 Å². The maximum Gasteiger partial charge on any atom is 0.307 e. The van der Waals surface area contributed by atoms with Gasteiger partial charge in [0.2, 0.25) is 0 Å². The quantitative estimate of drug-likeness (QED) is 0.620. The number of esters is 1. The Morgan fingerprint density at radius 3 is 2.33 bits per heavy atom. The normalized spacial score (nSPS) is 10.5. The maximum absolute atomic E-state index is 11.3. The highest BCUT2D eigenvalue weighted by Crippen LogP contribution is 2.26. The van der Waals surface area contributed by atoms with E-state index in [1.54, 1.807) is 0 Å². The van der Waals surface area contributed by atoms with Gasteiger partial charge in [-0.05, 0) is 33.0 Å². The molecule has 0 saturated carbocycles. The molecule has 0 heterocycles. The Morgan fingerprint density at radius 2 is 1.71 bits per heavy atom. The van der Waals surface area contributed by atoms with E-state index in [4.69, 9.17) is 14.2 Å². The minimum Gasteiger partial charge on any atom is -0.490 e. The van der Waals surface area contributed by atoms with Crippen molar-refractivity contribution in [1.29, 1.82) is 0 Å². The largest absolute Gasteiger partial charge is 0.490 e. The predicted molar refractivity (Wildman–Crippen MR) is 81.9 cm³/mol. The van der Waals surface area contributed by atoms with Crippen LogP contribution in [0.25, 0.3) is 0 Å². The molecule has 0 bridgehead atoms. The van der Waals surface area contributed by atoms with E-state index in [9.17, 15) is 4.79 Å². The van der Waals surface area contributed by atoms with Crippen LogP contribution in [-0.4, -0.2) is 50.8 Å². The zero-order valence-corrected chi connectivity index (χ0v) is 13.1. The van der Waals surface area contributed by atoms with Crippen molar-refractivity contribution in [2.45, 2.75) is 20.3 Å². The number of ether oxygens (including phenoxy) is 3. The molecule has 21 heavy (non-hydrogen) atoms. The van der Waals surface area contributed by atoms with Gasteiger partial charge >= 0.3 is 5.97 Å². The molecule has 1 aromatic rings. The number of nitrogens with zero attached hydrogens (tertiary/aromatic N) is 1. The Balaban J connectivity index is 2.28. The van der Waals surface area contributed by atoms with Gasteiger partial charge in [-0.15, -0.1) is 0 Å². The summed E-state index contributed by atoms with van der Waals surface area (Å²) < 4.78 is 16.1. The van der Waals surface area contributed by atoms with Crippen LogP contribution in [0.3, 0.4) is 0 Å². The smallest absolute Gasteiger partial charge is 0.307 e. The van der Waals surface area contributed by atoms with Crippen LogP contribution in [0, 0.1) is 0 Å². The molecule has 0 fully saturated rings. The molecule has 0 aromatic heterocycles. The van der Waals surface area contributed by atoms with Crippen molar-refractivity contribution in [3.8, 4) is 11.5 Å². The van der Waals surface area contributed by atoms with Crippen molar-refractivity contribution in [3.63, 3.8) is 0 Å². The molecule has 0 unspecified atom stereocenters. The first-order valence-electron chi connectivity index (χ1n) is 7.36. The van der Waals surface area contributed by atoms with E-state index >= 15 is 0 Å².